The number of halogens is 1. The first kappa shape index (κ1) is 26.3. The maximum atomic E-state index is 14.3. The second-order valence-corrected chi connectivity index (χ2v) is 10.7. The average molecular weight is 512 g/mol. The molecule has 200 valence electrons. The van der Waals surface area contributed by atoms with Crippen molar-refractivity contribution in [2.24, 2.45) is 5.92 Å². The maximum Gasteiger partial charge on any atom is 0.254 e. The minimum Gasteiger partial charge on any atom is -0.392 e. The van der Waals surface area contributed by atoms with E-state index in [0.717, 1.165) is 36.8 Å². The lowest BCUT2D eigenvalue weighted by Crippen LogP contribution is -2.52. The van der Waals surface area contributed by atoms with E-state index in [4.69, 9.17) is 9.57 Å². The monoisotopic (exact) mass is 511 g/mol. The zero-order valence-electron chi connectivity index (χ0n) is 21.5. The van der Waals surface area contributed by atoms with Gasteiger partial charge in [0.05, 0.1) is 24.8 Å². The van der Waals surface area contributed by atoms with Crippen LogP contribution >= 0.6 is 0 Å². The third kappa shape index (κ3) is 5.59. The highest BCUT2D eigenvalue weighted by molar-refractivity contribution is 5.95. The van der Waals surface area contributed by atoms with E-state index in [0.29, 0.717) is 18.1 Å². The predicted octanol–water partition coefficient (Wildman–Crippen LogP) is 4.56. The van der Waals surface area contributed by atoms with Gasteiger partial charge in [0.25, 0.3) is 5.91 Å². The number of fused-ring (bicyclic) bond motifs is 1. The van der Waals surface area contributed by atoms with Crippen LogP contribution in [0.1, 0.15) is 96.2 Å². The van der Waals surface area contributed by atoms with Crippen LogP contribution in [0.3, 0.4) is 0 Å². The molecule has 2 aromatic rings. The number of hydrogen-bond donors (Lipinski definition) is 4. The molecule has 0 bridgehead atoms. The number of carbonyl (C=O) groups excluding carboxylic acids is 1. The molecule has 0 radical (unpaired) electrons. The predicted molar refractivity (Wildman–Crippen MR) is 138 cm³/mol. The van der Waals surface area contributed by atoms with Gasteiger partial charge in [-0.1, -0.05) is 56.4 Å². The quantitative estimate of drug-likeness (QED) is 0.436. The molecule has 3 aliphatic rings. The minimum absolute atomic E-state index is 0.0446. The third-order valence-electron chi connectivity index (χ3n) is 8.21. The number of hydrogen-bond acceptors (Lipinski definition) is 6. The van der Waals surface area contributed by atoms with Crippen molar-refractivity contribution < 1.29 is 23.9 Å². The standard InChI is InChI=1S/C29H38FN3O4/c1-36-18-29(22-7-5-3-2-4-6-8-22)32-27(33-37-29)21-10-12-23-20(16-21)11-14-26(23)31-28(35)24-15-19(17-34)9-13-25(24)30/h9-10,12-13,15-16,22,26-27,32-34H,2-8,11,14,17-18H2,1H3,(H,31,35)/t26-,27?,29?/m1/s1. The Morgan fingerprint density at radius 2 is 1.92 bits per heavy atom. The van der Waals surface area contributed by atoms with E-state index in [1.54, 1.807) is 7.11 Å². The van der Waals surface area contributed by atoms with Crippen LogP contribution in [0.2, 0.25) is 0 Å². The van der Waals surface area contributed by atoms with E-state index in [2.05, 4.69) is 34.3 Å². The van der Waals surface area contributed by atoms with Crippen LogP contribution < -0.4 is 16.1 Å². The third-order valence-corrected chi connectivity index (χ3v) is 8.21. The van der Waals surface area contributed by atoms with Crippen LogP contribution in [0.5, 0.6) is 0 Å². The summed E-state index contributed by atoms with van der Waals surface area (Å²) in [4.78, 5) is 19.1. The number of aryl methyl sites for hydroxylation is 1. The van der Waals surface area contributed by atoms with E-state index in [-0.39, 0.29) is 24.4 Å². The second-order valence-electron chi connectivity index (χ2n) is 10.7. The summed E-state index contributed by atoms with van der Waals surface area (Å²) in [7, 11) is 1.72. The van der Waals surface area contributed by atoms with Gasteiger partial charge in [0, 0.05) is 13.0 Å². The Hall–Kier alpha value is -2.36. The van der Waals surface area contributed by atoms with Crippen molar-refractivity contribution in [1.29, 1.82) is 0 Å². The van der Waals surface area contributed by atoms with Crippen molar-refractivity contribution in [3.8, 4) is 0 Å². The van der Waals surface area contributed by atoms with E-state index >= 15 is 0 Å². The molecule has 8 heteroatoms. The zero-order chi connectivity index (χ0) is 25.8. The number of ether oxygens (including phenoxy) is 1. The molecule has 37 heavy (non-hydrogen) atoms. The van der Waals surface area contributed by atoms with Gasteiger partial charge in [0.2, 0.25) is 0 Å². The maximum absolute atomic E-state index is 14.3. The molecule has 2 aromatic carbocycles. The number of aliphatic hydroxyl groups is 1. The fraction of sp³-hybridized carbons (Fsp3) is 0.552. The van der Waals surface area contributed by atoms with Gasteiger partial charge in [0.15, 0.2) is 5.72 Å². The van der Waals surface area contributed by atoms with E-state index in [1.807, 2.05) is 0 Å². The Kier molecular flexibility index (Phi) is 8.21. The van der Waals surface area contributed by atoms with Crippen LogP contribution in [0.25, 0.3) is 0 Å². The van der Waals surface area contributed by atoms with E-state index in [9.17, 15) is 14.3 Å². The molecule has 4 N–H and O–H groups in total. The van der Waals surface area contributed by atoms with Gasteiger partial charge >= 0.3 is 0 Å². The van der Waals surface area contributed by atoms with Crippen LogP contribution in [0, 0.1) is 11.7 Å². The number of amides is 1. The smallest absolute Gasteiger partial charge is 0.254 e. The Morgan fingerprint density at radius 1 is 1.14 bits per heavy atom. The van der Waals surface area contributed by atoms with Crippen LogP contribution in [-0.4, -0.2) is 30.5 Å². The Labute approximate surface area is 218 Å². The fourth-order valence-corrected chi connectivity index (χ4v) is 6.19. The van der Waals surface area contributed by atoms with E-state index in [1.165, 1.54) is 55.9 Å². The van der Waals surface area contributed by atoms with Gasteiger partial charge in [-0.15, -0.1) is 0 Å². The lowest BCUT2D eigenvalue weighted by molar-refractivity contribution is -0.141. The fourth-order valence-electron chi connectivity index (χ4n) is 6.19. The molecule has 1 amide bonds. The van der Waals surface area contributed by atoms with Crippen molar-refractivity contribution in [1.82, 2.24) is 16.1 Å². The van der Waals surface area contributed by atoms with Crippen molar-refractivity contribution in [3.63, 3.8) is 0 Å². The number of carbonyl (C=O) groups is 1. The molecule has 0 spiro atoms. The van der Waals surface area contributed by atoms with Crippen molar-refractivity contribution in [3.05, 3.63) is 70.0 Å². The van der Waals surface area contributed by atoms with Crippen LogP contribution in [0.4, 0.5) is 4.39 Å². The molecule has 2 unspecified atom stereocenters. The summed E-state index contributed by atoms with van der Waals surface area (Å²) in [6.07, 6.45) is 9.97. The highest BCUT2D eigenvalue weighted by atomic mass is 19.1. The molecular weight excluding hydrogens is 473 g/mol. The molecule has 0 aromatic heterocycles. The first-order valence-electron chi connectivity index (χ1n) is 13.6. The Morgan fingerprint density at radius 3 is 2.68 bits per heavy atom. The van der Waals surface area contributed by atoms with Crippen molar-refractivity contribution in [2.45, 2.75) is 82.3 Å². The molecule has 3 atom stereocenters. The SMILES string of the molecule is COCC1(C2CCCCCCC2)NC(c2ccc3c(c2)CC[C@H]3NC(=O)c2cc(CO)ccc2F)NO1. The average Bonchev–Trinajstić information content (AvgIpc) is 3.49. The first-order chi connectivity index (χ1) is 18.0. The minimum atomic E-state index is -0.592. The summed E-state index contributed by atoms with van der Waals surface area (Å²) >= 11 is 0. The molecule has 5 rings (SSSR count). The molecule has 1 aliphatic heterocycles. The lowest BCUT2D eigenvalue weighted by atomic mass is 9.83. The highest BCUT2D eigenvalue weighted by Gasteiger charge is 2.47. The van der Waals surface area contributed by atoms with Crippen molar-refractivity contribution in [2.75, 3.05) is 13.7 Å². The van der Waals surface area contributed by atoms with E-state index < -0.39 is 17.4 Å². The van der Waals surface area contributed by atoms with Gasteiger partial charge < -0.3 is 15.2 Å². The van der Waals surface area contributed by atoms with Gasteiger partial charge in [0.1, 0.15) is 12.0 Å². The summed E-state index contributed by atoms with van der Waals surface area (Å²) in [5.74, 6) is -0.680. The summed E-state index contributed by atoms with van der Waals surface area (Å²) in [5, 5.41) is 16.1. The summed E-state index contributed by atoms with van der Waals surface area (Å²) < 4.78 is 19.9. The molecule has 1 saturated carbocycles. The summed E-state index contributed by atoms with van der Waals surface area (Å²) in [6, 6.07) is 10.2. The molecule has 1 heterocycles. The number of hydroxylamine groups is 1. The number of nitrogens with one attached hydrogen (secondary N) is 3. The largest absolute Gasteiger partial charge is 0.392 e. The molecule has 7 nitrogen and oxygen atoms in total. The number of rotatable bonds is 7. The van der Waals surface area contributed by atoms with Crippen molar-refractivity contribution >= 4 is 5.91 Å². The van der Waals surface area contributed by atoms with Gasteiger partial charge in [-0.05, 0) is 60.1 Å². The normalized spacial score (nSPS) is 26.5. The van der Waals surface area contributed by atoms with Gasteiger partial charge in [-0.3, -0.25) is 14.9 Å². The lowest BCUT2D eigenvalue weighted by Gasteiger charge is -2.36. The molecule has 2 aliphatic carbocycles. The topological polar surface area (TPSA) is 91.9 Å². The second kappa shape index (κ2) is 11.6. The van der Waals surface area contributed by atoms with Gasteiger partial charge in [-0.2, -0.15) is 5.48 Å². The zero-order valence-corrected chi connectivity index (χ0v) is 21.5. The number of aliphatic hydroxyl groups excluding tert-OH is 1. The van der Waals surface area contributed by atoms with Crippen LogP contribution in [0.15, 0.2) is 36.4 Å². The highest BCUT2D eigenvalue weighted by Crippen LogP contribution is 2.38. The number of benzene rings is 2. The Bertz CT molecular complexity index is 1100. The Balaban J connectivity index is 1.29. The summed E-state index contributed by atoms with van der Waals surface area (Å²) in [5.41, 5.74) is 6.44. The molecule has 2 fully saturated rings. The van der Waals surface area contributed by atoms with Crippen LogP contribution in [-0.2, 0) is 22.6 Å². The molecule has 1 saturated heterocycles. The molecular formula is C29H38FN3O4. The van der Waals surface area contributed by atoms with Gasteiger partial charge in [-0.25, -0.2) is 4.39 Å². The number of methoxy groups -OCH3 is 1. The summed E-state index contributed by atoms with van der Waals surface area (Å²) in [6.45, 7) is 0.239. The first-order valence-corrected chi connectivity index (χ1v) is 13.6.